The lowest BCUT2D eigenvalue weighted by Crippen LogP contribution is -2.36. The Labute approximate surface area is 121 Å². The molecule has 3 nitrogen and oxygen atoms in total. The molecule has 0 spiro atoms. The van der Waals surface area contributed by atoms with Gasteiger partial charge in [-0.15, -0.1) is 0 Å². The number of halogens is 2. The van der Waals surface area contributed by atoms with Crippen LogP contribution in [0.3, 0.4) is 0 Å². The first kappa shape index (κ1) is 13.5. The van der Waals surface area contributed by atoms with Crippen LogP contribution in [0.2, 0.25) is 0 Å². The van der Waals surface area contributed by atoms with Crippen molar-refractivity contribution >= 4 is 11.6 Å². The van der Waals surface area contributed by atoms with Crippen molar-refractivity contribution in [2.45, 2.75) is 13.0 Å². The highest BCUT2D eigenvalue weighted by Crippen LogP contribution is 2.33. The van der Waals surface area contributed by atoms with Crippen LogP contribution >= 0.6 is 0 Å². The number of anilines is 1. The summed E-state index contributed by atoms with van der Waals surface area (Å²) in [6.07, 6.45) is 0. The molecule has 0 saturated carbocycles. The first-order valence-corrected chi connectivity index (χ1v) is 6.67. The number of rotatable bonds is 2. The zero-order chi connectivity index (χ0) is 15.0. The highest BCUT2D eigenvalue weighted by atomic mass is 19.1. The molecule has 108 valence electrons. The molecule has 2 aromatic carbocycles. The number of guanidine groups is 1. The van der Waals surface area contributed by atoms with Crippen molar-refractivity contribution in [1.82, 2.24) is 0 Å². The van der Waals surface area contributed by atoms with Crippen LogP contribution in [0, 0.1) is 18.6 Å². The molecule has 0 fully saturated rings. The van der Waals surface area contributed by atoms with Gasteiger partial charge in [-0.1, -0.05) is 23.8 Å². The van der Waals surface area contributed by atoms with E-state index in [1.165, 1.54) is 18.2 Å². The van der Waals surface area contributed by atoms with Crippen molar-refractivity contribution in [3.8, 4) is 0 Å². The number of benzene rings is 2. The second kappa shape index (κ2) is 5.16. The molecule has 0 radical (unpaired) electrons. The van der Waals surface area contributed by atoms with E-state index in [9.17, 15) is 8.78 Å². The van der Waals surface area contributed by atoms with Crippen molar-refractivity contribution in [2.24, 2.45) is 10.7 Å². The molecule has 2 N–H and O–H groups in total. The number of hydrogen-bond donors (Lipinski definition) is 1. The molecule has 1 aliphatic rings. The number of nitrogens with two attached hydrogens (primary N) is 1. The molecule has 2 aromatic rings. The van der Waals surface area contributed by atoms with Crippen molar-refractivity contribution in [1.29, 1.82) is 0 Å². The van der Waals surface area contributed by atoms with Crippen LogP contribution in [0.25, 0.3) is 0 Å². The van der Waals surface area contributed by atoms with Gasteiger partial charge in [0.25, 0.3) is 0 Å². The molecule has 0 aromatic heterocycles. The van der Waals surface area contributed by atoms with Gasteiger partial charge in [-0.2, -0.15) is 0 Å². The maximum absolute atomic E-state index is 14.1. The molecule has 1 atom stereocenters. The van der Waals surface area contributed by atoms with E-state index in [2.05, 4.69) is 4.99 Å². The van der Waals surface area contributed by atoms with Crippen LogP contribution in [0.1, 0.15) is 17.2 Å². The average molecular weight is 287 g/mol. The first-order valence-electron chi connectivity index (χ1n) is 6.67. The number of hydrogen-bond acceptors (Lipinski definition) is 3. The lowest BCUT2D eigenvalue weighted by Gasteiger charge is -2.27. The summed E-state index contributed by atoms with van der Waals surface area (Å²) in [5, 5.41) is 0. The molecule has 5 heteroatoms. The van der Waals surface area contributed by atoms with Gasteiger partial charge in [0, 0.05) is 11.3 Å². The van der Waals surface area contributed by atoms with Gasteiger partial charge < -0.3 is 10.6 Å². The molecular weight excluding hydrogens is 272 g/mol. The van der Waals surface area contributed by atoms with Gasteiger partial charge in [0.15, 0.2) is 5.96 Å². The van der Waals surface area contributed by atoms with Crippen LogP contribution < -0.4 is 10.6 Å². The normalized spacial score (nSPS) is 18.0. The Balaban J connectivity index is 2.05. The maximum Gasteiger partial charge on any atom is 0.196 e. The average Bonchev–Trinajstić information content (AvgIpc) is 2.83. The topological polar surface area (TPSA) is 41.6 Å². The van der Waals surface area contributed by atoms with Gasteiger partial charge in [-0.25, -0.2) is 8.78 Å². The fourth-order valence-corrected chi connectivity index (χ4v) is 2.59. The van der Waals surface area contributed by atoms with Crippen LogP contribution in [0.15, 0.2) is 47.5 Å². The Morgan fingerprint density at radius 2 is 2.00 bits per heavy atom. The van der Waals surface area contributed by atoms with Gasteiger partial charge in [-0.05, 0) is 31.2 Å². The zero-order valence-electron chi connectivity index (χ0n) is 11.6. The van der Waals surface area contributed by atoms with Gasteiger partial charge in [0.1, 0.15) is 11.6 Å². The molecule has 0 bridgehead atoms. The van der Waals surface area contributed by atoms with Crippen molar-refractivity contribution < 1.29 is 8.78 Å². The number of aliphatic imine (C=N–C) groups is 1. The summed E-state index contributed by atoms with van der Waals surface area (Å²) >= 11 is 0. The number of aryl methyl sites for hydroxylation is 1. The quantitative estimate of drug-likeness (QED) is 0.922. The summed E-state index contributed by atoms with van der Waals surface area (Å²) in [6, 6.07) is 10.6. The predicted octanol–water partition coefficient (Wildman–Crippen LogP) is 3.15. The lowest BCUT2D eigenvalue weighted by atomic mass is 10.0. The summed E-state index contributed by atoms with van der Waals surface area (Å²) in [5.74, 6) is -0.404. The van der Waals surface area contributed by atoms with Crippen LogP contribution in [-0.2, 0) is 0 Å². The standard InChI is InChI=1S/C16H15F2N3/c1-10-5-6-14(18)13(7-10)15-9-20-16(19)21(15)12-4-2-3-11(17)8-12/h2-8,15H,9H2,1H3,(H2,19,20). The fraction of sp³-hybridized carbons (Fsp3) is 0.188. The van der Waals surface area contributed by atoms with E-state index in [0.717, 1.165) is 5.56 Å². The molecule has 0 amide bonds. The van der Waals surface area contributed by atoms with Crippen LogP contribution in [-0.4, -0.2) is 12.5 Å². The van der Waals surface area contributed by atoms with E-state index < -0.39 is 0 Å². The third-order valence-electron chi connectivity index (χ3n) is 3.58. The van der Waals surface area contributed by atoms with Gasteiger partial charge >= 0.3 is 0 Å². The van der Waals surface area contributed by atoms with E-state index in [0.29, 0.717) is 17.8 Å². The highest BCUT2D eigenvalue weighted by Gasteiger charge is 2.31. The summed E-state index contributed by atoms with van der Waals surface area (Å²) in [6.45, 7) is 2.25. The Morgan fingerprint density at radius 1 is 1.19 bits per heavy atom. The lowest BCUT2D eigenvalue weighted by molar-refractivity contribution is 0.588. The summed E-state index contributed by atoms with van der Waals surface area (Å²) < 4.78 is 27.6. The molecule has 21 heavy (non-hydrogen) atoms. The monoisotopic (exact) mass is 287 g/mol. The van der Waals surface area contributed by atoms with E-state index in [1.54, 1.807) is 29.2 Å². The molecule has 1 unspecified atom stereocenters. The molecule has 0 aliphatic carbocycles. The second-order valence-corrected chi connectivity index (χ2v) is 5.09. The molecule has 1 heterocycles. The van der Waals surface area contributed by atoms with Crippen molar-refractivity contribution in [2.75, 3.05) is 11.4 Å². The first-order chi connectivity index (χ1) is 10.1. The fourth-order valence-electron chi connectivity index (χ4n) is 2.59. The highest BCUT2D eigenvalue weighted by molar-refractivity contribution is 5.97. The Hall–Kier alpha value is -2.43. The summed E-state index contributed by atoms with van der Waals surface area (Å²) in [7, 11) is 0. The van der Waals surface area contributed by atoms with E-state index in [1.807, 2.05) is 6.92 Å². The second-order valence-electron chi connectivity index (χ2n) is 5.09. The maximum atomic E-state index is 14.1. The van der Waals surface area contributed by atoms with E-state index >= 15 is 0 Å². The van der Waals surface area contributed by atoms with Gasteiger partial charge in [0.05, 0.1) is 12.6 Å². The summed E-state index contributed by atoms with van der Waals surface area (Å²) in [4.78, 5) is 5.85. The third kappa shape index (κ3) is 2.46. The zero-order valence-corrected chi connectivity index (χ0v) is 11.6. The Bertz CT molecular complexity index is 712. The minimum absolute atomic E-state index is 0.270. The van der Waals surface area contributed by atoms with Crippen LogP contribution in [0.5, 0.6) is 0 Å². The minimum atomic E-state index is -0.365. The Morgan fingerprint density at radius 3 is 2.76 bits per heavy atom. The minimum Gasteiger partial charge on any atom is -0.369 e. The van der Waals surface area contributed by atoms with Crippen LogP contribution in [0.4, 0.5) is 14.5 Å². The van der Waals surface area contributed by atoms with E-state index in [4.69, 9.17) is 5.73 Å². The Kier molecular flexibility index (Phi) is 3.33. The summed E-state index contributed by atoms with van der Waals surface area (Å²) in [5.41, 5.74) is 7.95. The smallest absolute Gasteiger partial charge is 0.196 e. The van der Waals surface area contributed by atoms with Crippen molar-refractivity contribution in [3.05, 3.63) is 65.2 Å². The van der Waals surface area contributed by atoms with E-state index in [-0.39, 0.29) is 23.6 Å². The molecule has 3 rings (SSSR count). The predicted molar refractivity (Wildman–Crippen MR) is 79.2 cm³/mol. The largest absolute Gasteiger partial charge is 0.369 e. The van der Waals surface area contributed by atoms with Crippen molar-refractivity contribution in [3.63, 3.8) is 0 Å². The van der Waals surface area contributed by atoms with Gasteiger partial charge in [0.2, 0.25) is 0 Å². The number of nitrogens with zero attached hydrogens (tertiary/aromatic N) is 2. The third-order valence-corrected chi connectivity index (χ3v) is 3.58. The molecule has 0 saturated heterocycles. The molecule has 1 aliphatic heterocycles. The van der Waals surface area contributed by atoms with Gasteiger partial charge in [-0.3, -0.25) is 4.99 Å². The molecular formula is C16H15F2N3. The SMILES string of the molecule is Cc1ccc(F)c(C2CN=C(N)N2c2cccc(F)c2)c1.